The lowest BCUT2D eigenvalue weighted by Gasteiger charge is -2.18. The van der Waals surface area contributed by atoms with E-state index in [4.69, 9.17) is 14.8 Å². The van der Waals surface area contributed by atoms with E-state index in [9.17, 15) is 9.90 Å². The lowest BCUT2D eigenvalue weighted by molar-refractivity contribution is 0.201. The van der Waals surface area contributed by atoms with E-state index in [0.717, 1.165) is 21.4 Å². The largest absolute Gasteiger partial charge is 0.493 e. The number of hydrogen-bond acceptors (Lipinski definition) is 5. The van der Waals surface area contributed by atoms with E-state index in [2.05, 4.69) is 39.7 Å². The first-order valence-corrected chi connectivity index (χ1v) is 12.3. The van der Waals surface area contributed by atoms with Gasteiger partial charge in [0.15, 0.2) is 0 Å². The summed E-state index contributed by atoms with van der Waals surface area (Å²) in [6.45, 7) is 6.20. The van der Waals surface area contributed by atoms with Crippen molar-refractivity contribution in [1.82, 2.24) is 19.5 Å². The van der Waals surface area contributed by atoms with Crippen LogP contribution in [-0.4, -0.2) is 42.9 Å². The summed E-state index contributed by atoms with van der Waals surface area (Å²) in [5, 5.41) is 20.1. The van der Waals surface area contributed by atoms with Crippen molar-refractivity contribution in [3.8, 4) is 34.1 Å². The molecule has 9 heteroatoms. The zero-order chi connectivity index (χ0) is 25.1. The second-order valence-electron chi connectivity index (χ2n) is 8.84. The highest BCUT2D eigenvalue weighted by Crippen LogP contribution is 2.34. The van der Waals surface area contributed by atoms with Crippen molar-refractivity contribution in [3.05, 3.63) is 75.0 Å². The number of halogens is 1. The summed E-state index contributed by atoms with van der Waals surface area (Å²) in [5.41, 5.74) is 3.22. The summed E-state index contributed by atoms with van der Waals surface area (Å²) in [6.07, 6.45) is 0.603. The Balaban J connectivity index is 1.73. The number of aliphatic hydroxyl groups excluding tert-OH is 1. The summed E-state index contributed by atoms with van der Waals surface area (Å²) in [7, 11) is 0. The molecule has 0 bridgehead atoms. The lowest BCUT2D eigenvalue weighted by Crippen LogP contribution is -2.25. The molecule has 0 radical (unpaired) electrons. The Bertz CT molecular complexity index is 1340. The molecule has 0 fully saturated rings. The SMILES string of the molecule is Cc1[nH]c([C@H](CC(C)C)n2c(O)c(-c3ccc(OCCO)cc3)[nH]c2=O)nc1-c1ccc(Br)cc1. The van der Waals surface area contributed by atoms with Gasteiger partial charge in [0.05, 0.1) is 18.3 Å². The second kappa shape index (κ2) is 10.5. The molecular formula is C26H29BrN4O4. The summed E-state index contributed by atoms with van der Waals surface area (Å²) >= 11 is 3.46. The number of imidazole rings is 2. The van der Waals surface area contributed by atoms with Crippen molar-refractivity contribution in [3.63, 3.8) is 0 Å². The number of aromatic amines is 2. The Morgan fingerprint density at radius 1 is 1.06 bits per heavy atom. The first kappa shape index (κ1) is 24.8. The predicted octanol–water partition coefficient (Wildman–Crippen LogP) is 5.02. The molecule has 0 saturated heterocycles. The number of aromatic nitrogens is 4. The number of benzene rings is 2. The molecule has 4 aromatic rings. The van der Waals surface area contributed by atoms with Crippen LogP contribution in [0.4, 0.5) is 0 Å². The molecule has 35 heavy (non-hydrogen) atoms. The molecule has 2 aromatic carbocycles. The second-order valence-corrected chi connectivity index (χ2v) is 9.76. The number of nitrogens with one attached hydrogen (secondary N) is 2. The molecule has 2 heterocycles. The van der Waals surface area contributed by atoms with Crippen LogP contribution in [0.1, 0.15) is 37.8 Å². The van der Waals surface area contributed by atoms with Crippen molar-refractivity contribution in [2.24, 2.45) is 5.92 Å². The minimum atomic E-state index is -0.484. The van der Waals surface area contributed by atoms with Crippen LogP contribution >= 0.6 is 15.9 Å². The molecule has 0 aliphatic carbocycles. The van der Waals surface area contributed by atoms with Gasteiger partial charge >= 0.3 is 5.69 Å². The molecule has 184 valence electrons. The van der Waals surface area contributed by atoms with Crippen molar-refractivity contribution >= 4 is 15.9 Å². The van der Waals surface area contributed by atoms with Crippen LogP contribution in [-0.2, 0) is 0 Å². The number of rotatable bonds is 9. The van der Waals surface area contributed by atoms with Crippen molar-refractivity contribution in [2.75, 3.05) is 13.2 Å². The topological polar surface area (TPSA) is 116 Å². The fourth-order valence-electron chi connectivity index (χ4n) is 4.13. The Kier molecular flexibility index (Phi) is 7.47. The zero-order valence-electron chi connectivity index (χ0n) is 19.9. The quantitative estimate of drug-likeness (QED) is 0.238. The van der Waals surface area contributed by atoms with E-state index in [-0.39, 0.29) is 25.0 Å². The van der Waals surface area contributed by atoms with Gasteiger partial charge in [0.1, 0.15) is 23.9 Å². The standard InChI is InChI=1S/C26H29BrN4O4/c1-15(2)14-21(24-28-16(3)22(29-24)17-4-8-19(27)9-5-17)31-25(33)23(30-26(31)34)18-6-10-20(11-7-18)35-13-12-32/h4-11,15,21,32-33H,12-14H2,1-3H3,(H,28,29)(H,30,34)/t21-/m0/s1. The maximum atomic E-state index is 13.1. The Morgan fingerprint density at radius 2 is 1.71 bits per heavy atom. The Labute approximate surface area is 211 Å². The molecule has 4 N–H and O–H groups in total. The predicted molar refractivity (Wildman–Crippen MR) is 139 cm³/mol. The van der Waals surface area contributed by atoms with Gasteiger partial charge in [-0.25, -0.2) is 9.78 Å². The van der Waals surface area contributed by atoms with Gasteiger partial charge in [0.25, 0.3) is 0 Å². The first-order chi connectivity index (χ1) is 16.8. The zero-order valence-corrected chi connectivity index (χ0v) is 21.5. The third kappa shape index (κ3) is 5.36. The molecule has 0 spiro atoms. The summed E-state index contributed by atoms with van der Waals surface area (Å²) in [4.78, 5) is 24.1. The molecule has 0 saturated carbocycles. The molecule has 0 aliphatic rings. The summed E-state index contributed by atoms with van der Waals surface area (Å²) in [5.74, 6) is 1.30. The number of nitrogens with zero attached hydrogens (tertiary/aromatic N) is 2. The number of hydrogen-bond donors (Lipinski definition) is 4. The minimum Gasteiger partial charge on any atom is -0.493 e. The Hall–Kier alpha value is -3.30. The maximum Gasteiger partial charge on any atom is 0.329 e. The molecule has 8 nitrogen and oxygen atoms in total. The van der Waals surface area contributed by atoms with Crippen LogP contribution in [0.25, 0.3) is 22.5 Å². The Morgan fingerprint density at radius 3 is 2.34 bits per heavy atom. The van der Waals surface area contributed by atoms with Crippen LogP contribution in [0, 0.1) is 12.8 Å². The number of aromatic hydroxyl groups is 1. The third-order valence-corrected chi connectivity index (χ3v) is 6.28. The third-order valence-electron chi connectivity index (χ3n) is 5.75. The molecule has 1 atom stereocenters. The molecular weight excluding hydrogens is 512 g/mol. The number of aryl methyl sites for hydroxylation is 1. The van der Waals surface area contributed by atoms with Gasteiger partial charge < -0.3 is 24.9 Å². The fraction of sp³-hybridized carbons (Fsp3) is 0.308. The molecule has 0 amide bonds. The average molecular weight is 541 g/mol. The normalized spacial score (nSPS) is 12.3. The van der Waals surface area contributed by atoms with Gasteiger partial charge in [-0.05, 0) is 55.7 Å². The number of aliphatic hydroxyl groups is 1. The van der Waals surface area contributed by atoms with Crippen LogP contribution in [0.3, 0.4) is 0 Å². The van der Waals surface area contributed by atoms with Crippen molar-refractivity contribution < 1.29 is 14.9 Å². The van der Waals surface area contributed by atoms with Crippen LogP contribution in [0.2, 0.25) is 0 Å². The van der Waals surface area contributed by atoms with Gasteiger partial charge in [0, 0.05) is 21.3 Å². The van der Waals surface area contributed by atoms with E-state index in [1.54, 1.807) is 24.3 Å². The van der Waals surface area contributed by atoms with E-state index >= 15 is 0 Å². The van der Waals surface area contributed by atoms with Crippen LogP contribution in [0.5, 0.6) is 11.6 Å². The smallest absolute Gasteiger partial charge is 0.329 e. The van der Waals surface area contributed by atoms with Crippen molar-refractivity contribution in [1.29, 1.82) is 0 Å². The van der Waals surface area contributed by atoms with Gasteiger partial charge in [0.2, 0.25) is 5.88 Å². The summed E-state index contributed by atoms with van der Waals surface area (Å²) in [6, 6.07) is 14.4. The first-order valence-electron chi connectivity index (χ1n) is 11.5. The molecule has 0 aliphatic heterocycles. The lowest BCUT2D eigenvalue weighted by atomic mass is 10.0. The highest BCUT2D eigenvalue weighted by atomic mass is 79.9. The van der Waals surface area contributed by atoms with E-state index in [1.165, 1.54) is 4.57 Å². The van der Waals surface area contributed by atoms with Crippen molar-refractivity contribution in [2.45, 2.75) is 33.2 Å². The minimum absolute atomic E-state index is 0.0776. The van der Waals surface area contributed by atoms with Crippen LogP contribution < -0.4 is 10.4 Å². The average Bonchev–Trinajstić information content (AvgIpc) is 3.36. The molecule has 4 rings (SSSR count). The molecule has 2 aromatic heterocycles. The highest BCUT2D eigenvalue weighted by Gasteiger charge is 2.27. The van der Waals surface area contributed by atoms with E-state index in [1.807, 2.05) is 31.2 Å². The maximum absolute atomic E-state index is 13.1. The van der Waals surface area contributed by atoms with Gasteiger partial charge in [-0.1, -0.05) is 41.9 Å². The monoisotopic (exact) mass is 540 g/mol. The number of H-pyrrole nitrogens is 2. The highest BCUT2D eigenvalue weighted by molar-refractivity contribution is 9.10. The van der Waals surface area contributed by atoms with E-state index in [0.29, 0.717) is 29.3 Å². The van der Waals surface area contributed by atoms with Gasteiger partial charge in [-0.3, -0.25) is 4.57 Å². The van der Waals surface area contributed by atoms with Crippen LogP contribution in [0.15, 0.2) is 57.8 Å². The number of ether oxygens (including phenoxy) is 1. The van der Waals surface area contributed by atoms with Gasteiger partial charge in [-0.2, -0.15) is 0 Å². The summed E-state index contributed by atoms with van der Waals surface area (Å²) < 4.78 is 7.75. The fourth-order valence-corrected chi connectivity index (χ4v) is 4.39. The van der Waals surface area contributed by atoms with E-state index < -0.39 is 11.7 Å². The molecule has 0 unspecified atom stereocenters. The van der Waals surface area contributed by atoms with Gasteiger partial charge in [-0.15, -0.1) is 0 Å².